The van der Waals surface area contributed by atoms with Gasteiger partial charge in [0.1, 0.15) is 0 Å². The minimum atomic E-state index is 0. The summed E-state index contributed by atoms with van der Waals surface area (Å²) in [6.07, 6.45) is 0. The Hall–Kier alpha value is -0.120. The second kappa shape index (κ2) is 3.83. The molecule has 1 atom stereocenters. The molecule has 1 fully saturated rings. The van der Waals surface area contributed by atoms with Crippen LogP contribution in [0.4, 0.5) is 0 Å². The third-order valence-corrected chi connectivity index (χ3v) is 1.25. The zero-order valence-electron chi connectivity index (χ0n) is 5.20. The Bertz CT molecular complexity index is 52.4. The Morgan fingerprint density at radius 2 is 2.12 bits per heavy atom. The highest BCUT2D eigenvalue weighted by molar-refractivity contribution is 4.69. The number of hydrogen-bond acceptors (Lipinski definition) is 2. The van der Waals surface area contributed by atoms with E-state index in [0.29, 0.717) is 6.04 Å². The van der Waals surface area contributed by atoms with Crippen molar-refractivity contribution in [2.45, 2.75) is 13.0 Å². The van der Waals surface area contributed by atoms with E-state index in [4.69, 9.17) is 0 Å². The summed E-state index contributed by atoms with van der Waals surface area (Å²) in [6.45, 7) is 5.57. The van der Waals surface area contributed by atoms with Gasteiger partial charge in [-0.1, -0.05) is 0 Å². The summed E-state index contributed by atoms with van der Waals surface area (Å²) in [7, 11) is 0. The average molecular weight is 118 g/mol. The topological polar surface area (TPSA) is 55.6 Å². The van der Waals surface area contributed by atoms with Crippen LogP contribution in [0.2, 0.25) is 0 Å². The fraction of sp³-hybridized carbons (Fsp3) is 1.00. The van der Waals surface area contributed by atoms with E-state index in [9.17, 15) is 0 Å². The molecule has 0 aromatic heterocycles. The van der Waals surface area contributed by atoms with Gasteiger partial charge in [0.25, 0.3) is 0 Å². The molecule has 1 heterocycles. The van der Waals surface area contributed by atoms with Crippen molar-refractivity contribution in [2.75, 3.05) is 19.6 Å². The van der Waals surface area contributed by atoms with Gasteiger partial charge in [-0.05, 0) is 6.92 Å². The second-order valence-electron chi connectivity index (χ2n) is 2.06. The molecule has 0 amide bonds. The molecule has 0 saturated carbocycles. The van der Waals surface area contributed by atoms with Gasteiger partial charge in [-0.2, -0.15) is 0 Å². The summed E-state index contributed by atoms with van der Waals surface area (Å²) in [5.74, 6) is 0. The van der Waals surface area contributed by atoms with Gasteiger partial charge in [-0.15, -0.1) is 0 Å². The minimum Gasteiger partial charge on any atom is -0.412 e. The predicted octanol–water partition coefficient (Wildman–Crippen LogP) is -1.26. The van der Waals surface area contributed by atoms with Crippen LogP contribution in [0.1, 0.15) is 6.92 Å². The zero-order valence-corrected chi connectivity index (χ0v) is 5.20. The summed E-state index contributed by atoms with van der Waals surface area (Å²) in [5.41, 5.74) is 0. The number of hydrogen-bond donors (Lipinski definition) is 2. The van der Waals surface area contributed by atoms with Crippen molar-refractivity contribution < 1.29 is 5.48 Å². The van der Waals surface area contributed by atoms with Crippen LogP contribution in [0, 0.1) is 0 Å². The van der Waals surface area contributed by atoms with Crippen molar-refractivity contribution in [3.8, 4) is 0 Å². The van der Waals surface area contributed by atoms with Crippen LogP contribution in [0.3, 0.4) is 0 Å². The molecule has 3 heteroatoms. The van der Waals surface area contributed by atoms with Crippen molar-refractivity contribution in [3.63, 3.8) is 0 Å². The Morgan fingerprint density at radius 1 is 1.38 bits per heavy atom. The second-order valence-corrected chi connectivity index (χ2v) is 2.06. The standard InChI is InChI=1S/C5H12N2.H2O/c1-5-4-6-2-3-7-5;/h5-7H,2-4H2,1H3;1H2. The zero-order chi connectivity index (χ0) is 5.11. The molecule has 1 aliphatic heterocycles. The molecule has 0 aliphatic carbocycles. The molecule has 1 unspecified atom stereocenters. The maximum absolute atomic E-state index is 3.32. The Labute approximate surface area is 49.8 Å². The molecule has 1 rings (SSSR count). The molecule has 1 saturated heterocycles. The van der Waals surface area contributed by atoms with Gasteiger partial charge in [0.15, 0.2) is 0 Å². The van der Waals surface area contributed by atoms with Gasteiger partial charge in [-0.25, -0.2) is 0 Å². The van der Waals surface area contributed by atoms with Crippen molar-refractivity contribution in [2.24, 2.45) is 0 Å². The first kappa shape index (κ1) is 7.88. The highest BCUT2D eigenvalue weighted by Crippen LogP contribution is 1.80. The molecule has 4 N–H and O–H groups in total. The lowest BCUT2D eigenvalue weighted by atomic mass is 10.3. The first-order valence-electron chi connectivity index (χ1n) is 2.83. The van der Waals surface area contributed by atoms with E-state index in [2.05, 4.69) is 17.6 Å². The van der Waals surface area contributed by atoms with Gasteiger partial charge in [0.05, 0.1) is 0 Å². The lowest BCUT2D eigenvalue weighted by Crippen LogP contribution is -2.46. The monoisotopic (exact) mass is 118 g/mol. The van der Waals surface area contributed by atoms with Crippen molar-refractivity contribution in [1.29, 1.82) is 0 Å². The minimum absolute atomic E-state index is 0. The van der Waals surface area contributed by atoms with E-state index < -0.39 is 0 Å². The molecule has 0 bridgehead atoms. The molecular weight excluding hydrogens is 104 g/mol. The summed E-state index contributed by atoms with van der Waals surface area (Å²) in [5, 5.41) is 6.59. The fourth-order valence-corrected chi connectivity index (χ4v) is 0.798. The largest absolute Gasteiger partial charge is 0.412 e. The Balaban J connectivity index is 0.000000490. The van der Waals surface area contributed by atoms with Crippen molar-refractivity contribution in [3.05, 3.63) is 0 Å². The summed E-state index contributed by atoms with van der Waals surface area (Å²) >= 11 is 0. The van der Waals surface area contributed by atoms with E-state index in [1.165, 1.54) is 0 Å². The van der Waals surface area contributed by atoms with Gasteiger partial charge >= 0.3 is 0 Å². The van der Waals surface area contributed by atoms with Crippen molar-refractivity contribution in [1.82, 2.24) is 10.6 Å². The lowest BCUT2D eigenvalue weighted by Gasteiger charge is -2.19. The maximum atomic E-state index is 3.32. The average Bonchev–Trinajstić information content (AvgIpc) is 1.69. The first-order valence-corrected chi connectivity index (χ1v) is 2.83. The summed E-state index contributed by atoms with van der Waals surface area (Å²) < 4.78 is 0. The number of piperazine rings is 1. The van der Waals surface area contributed by atoms with Crippen LogP contribution in [0.15, 0.2) is 0 Å². The smallest absolute Gasteiger partial charge is 0.0164 e. The van der Waals surface area contributed by atoms with Crippen LogP contribution in [0.5, 0.6) is 0 Å². The highest BCUT2D eigenvalue weighted by Gasteiger charge is 2.03. The predicted molar refractivity (Wildman–Crippen MR) is 33.9 cm³/mol. The van der Waals surface area contributed by atoms with Gasteiger partial charge in [-0.3, -0.25) is 0 Å². The van der Waals surface area contributed by atoms with E-state index in [-0.39, 0.29) is 5.48 Å². The van der Waals surface area contributed by atoms with Gasteiger partial charge in [0.2, 0.25) is 0 Å². The van der Waals surface area contributed by atoms with Crippen LogP contribution >= 0.6 is 0 Å². The molecule has 0 spiro atoms. The highest BCUT2D eigenvalue weighted by atomic mass is 16.0. The summed E-state index contributed by atoms with van der Waals surface area (Å²) in [4.78, 5) is 0. The maximum Gasteiger partial charge on any atom is 0.0164 e. The van der Waals surface area contributed by atoms with Crippen LogP contribution in [0.25, 0.3) is 0 Å². The molecule has 50 valence electrons. The molecule has 0 radical (unpaired) electrons. The first-order chi connectivity index (χ1) is 3.39. The Kier molecular flexibility index (Phi) is 3.77. The molecular formula is C5H14N2O. The van der Waals surface area contributed by atoms with E-state index in [1.54, 1.807) is 0 Å². The fourth-order valence-electron chi connectivity index (χ4n) is 0.798. The van der Waals surface area contributed by atoms with Crippen LogP contribution in [-0.4, -0.2) is 31.2 Å². The van der Waals surface area contributed by atoms with Gasteiger partial charge < -0.3 is 16.1 Å². The molecule has 8 heavy (non-hydrogen) atoms. The van der Waals surface area contributed by atoms with Crippen molar-refractivity contribution >= 4 is 0 Å². The Morgan fingerprint density at radius 3 is 2.38 bits per heavy atom. The quantitative estimate of drug-likeness (QED) is 0.417. The number of rotatable bonds is 0. The third-order valence-electron chi connectivity index (χ3n) is 1.25. The lowest BCUT2D eigenvalue weighted by molar-refractivity contribution is 0.442. The summed E-state index contributed by atoms with van der Waals surface area (Å²) in [6, 6.07) is 0.675. The SMILES string of the molecule is CC1CNCCN1.O. The van der Waals surface area contributed by atoms with E-state index >= 15 is 0 Å². The third kappa shape index (κ3) is 2.26. The van der Waals surface area contributed by atoms with Crippen LogP contribution in [-0.2, 0) is 0 Å². The van der Waals surface area contributed by atoms with E-state index in [1.807, 2.05) is 0 Å². The molecule has 0 aromatic carbocycles. The van der Waals surface area contributed by atoms with Crippen LogP contribution < -0.4 is 10.6 Å². The normalized spacial score (nSPS) is 28.9. The molecule has 0 aromatic rings. The van der Waals surface area contributed by atoms with Gasteiger partial charge in [0, 0.05) is 25.7 Å². The number of nitrogens with one attached hydrogen (secondary N) is 2. The van der Waals surface area contributed by atoms with E-state index in [0.717, 1.165) is 19.6 Å². The molecule has 1 aliphatic rings. The molecule has 3 nitrogen and oxygen atoms in total.